The molecule has 1 aliphatic rings. The summed E-state index contributed by atoms with van der Waals surface area (Å²) in [6.45, 7) is 4.35. The van der Waals surface area contributed by atoms with Crippen LogP contribution in [-0.2, 0) is 0 Å². The van der Waals surface area contributed by atoms with Crippen LogP contribution < -0.4 is 10.6 Å². The van der Waals surface area contributed by atoms with Crippen LogP contribution in [0.3, 0.4) is 0 Å². The highest BCUT2D eigenvalue weighted by Gasteiger charge is 2.18. The Morgan fingerprint density at radius 2 is 2.46 bits per heavy atom. The van der Waals surface area contributed by atoms with Crippen molar-refractivity contribution in [3.63, 3.8) is 0 Å². The van der Waals surface area contributed by atoms with Gasteiger partial charge in [-0.05, 0) is 18.6 Å². The summed E-state index contributed by atoms with van der Waals surface area (Å²) in [5, 5.41) is 6.77. The summed E-state index contributed by atoms with van der Waals surface area (Å²) in [6.07, 6.45) is 3.73. The molecule has 3 nitrogen and oxygen atoms in total. The molecule has 1 saturated heterocycles. The molecular formula is C10H15N3. The van der Waals surface area contributed by atoms with Gasteiger partial charge in [-0.2, -0.15) is 0 Å². The van der Waals surface area contributed by atoms with E-state index in [-0.39, 0.29) is 0 Å². The fraction of sp³-hybridized carbons (Fsp3) is 0.500. The predicted molar refractivity (Wildman–Crippen MR) is 52.4 cm³/mol. The summed E-state index contributed by atoms with van der Waals surface area (Å²) in [5.74, 6) is 0. The Morgan fingerprint density at radius 1 is 1.62 bits per heavy atom. The highest BCUT2D eigenvalue weighted by Crippen LogP contribution is 2.11. The van der Waals surface area contributed by atoms with Crippen molar-refractivity contribution in [2.45, 2.75) is 19.0 Å². The van der Waals surface area contributed by atoms with E-state index < -0.39 is 0 Å². The average Bonchev–Trinajstić information content (AvgIpc) is 2.12. The van der Waals surface area contributed by atoms with Crippen LogP contribution in [0.2, 0.25) is 0 Å². The van der Waals surface area contributed by atoms with E-state index in [4.69, 9.17) is 0 Å². The number of aromatic nitrogens is 1. The van der Waals surface area contributed by atoms with Crippen LogP contribution >= 0.6 is 0 Å². The van der Waals surface area contributed by atoms with Gasteiger partial charge >= 0.3 is 0 Å². The van der Waals surface area contributed by atoms with Crippen molar-refractivity contribution < 1.29 is 0 Å². The Kier molecular flexibility index (Phi) is 2.57. The molecule has 0 spiro atoms. The van der Waals surface area contributed by atoms with Gasteiger partial charge in [-0.1, -0.05) is 6.07 Å². The molecule has 1 aromatic heterocycles. The number of hydrogen-bond donors (Lipinski definition) is 2. The van der Waals surface area contributed by atoms with E-state index in [1.165, 1.54) is 5.56 Å². The zero-order valence-electron chi connectivity index (χ0n) is 7.83. The normalized spacial score (nSPS) is 19.5. The molecule has 0 radical (unpaired) electrons. The van der Waals surface area contributed by atoms with Crippen LogP contribution in [-0.4, -0.2) is 24.1 Å². The first-order valence-corrected chi connectivity index (χ1v) is 4.73. The van der Waals surface area contributed by atoms with Gasteiger partial charge in [-0.3, -0.25) is 4.98 Å². The van der Waals surface area contributed by atoms with Gasteiger partial charge < -0.3 is 10.6 Å². The molecular weight excluding hydrogens is 162 g/mol. The van der Waals surface area contributed by atoms with Crippen LogP contribution in [0.25, 0.3) is 0 Å². The maximum atomic E-state index is 4.10. The van der Waals surface area contributed by atoms with Crippen molar-refractivity contribution in [3.05, 3.63) is 30.1 Å². The van der Waals surface area contributed by atoms with Crippen molar-refractivity contribution in [2.75, 3.05) is 13.1 Å². The molecule has 0 bridgehead atoms. The second-order valence-corrected chi connectivity index (χ2v) is 3.53. The number of nitrogens with zero attached hydrogens (tertiary/aromatic N) is 1. The quantitative estimate of drug-likeness (QED) is 0.713. The molecule has 2 N–H and O–H groups in total. The zero-order valence-corrected chi connectivity index (χ0v) is 7.83. The van der Waals surface area contributed by atoms with E-state index in [0.717, 1.165) is 13.1 Å². The predicted octanol–water partition coefficient (Wildman–Crippen LogP) is 0.704. The second kappa shape index (κ2) is 3.85. The maximum Gasteiger partial charge on any atom is 0.0322 e. The van der Waals surface area contributed by atoms with Gasteiger partial charge in [0, 0.05) is 37.6 Å². The molecule has 2 rings (SSSR count). The average molecular weight is 177 g/mol. The smallest absolute Gasteiger partial charge is 0.0322 e. The molecule has 0 aliphatic carbocycles. The third-order valence-corrected chi connectivity index (χ3v) is 2.45. The zero-order chi connectivity index (χ0) is 9.10. The lowest BCUT2D eigenvalue weighted by Crippen LogP contribution is -2.55. The van der Waals surface area contributed by atoms with E-state index in [1.54, 1.807) is 6.20 Å². The highest BCUT2D eigenvalue weighted by atomic mass is 15.1. The van der Waals surface area contributed by atoms with Gasteiger partial charge in [0.05, 0.1) is 0 Å². The molecule has 1 aromatic rings. The van der Waals surface area contributed by atoms with E-state index in [1.807, 2.05) is 12.3 Å². The fourth-order valence-corrected chi connectivity index (χ4v) is 1.49. The number of nitrogens with one attached hydrogen (secondary N) is 2. The molecule has 1 aliphatic heterocycles. The fourth-order valence-electron chi connectivity index (χ4n) is 1.49. The lowest BCUT2D eigenvalue weighted by Gasteiger charge is -2.31. The number of hydrogen-bond acceptors (Lipinski definition) is 3. The molecule has 1 atom stereocenters. The third-order valence-electron chi connectivity index (χ3n) is 2.45. The summed E-state index contributed by atoms with van der Waals surface area (Å²) in [7, 11) is 0. The van der Waals surface area contributed by atoms with Gasteiger partial charge in [0.2, 0.25) is 0 Å². The first-order valence-electron chi connectivity index (χ1n) is 4.73. The van der Waals surface area contributed by atoms with Crippen LogP contribution in [0.5, 0.6) is 0 Å². The highest BCUT2D eigenvalue weighted by molar-refractivity contribution is 5.13. The topological polar surface area (TPSA) is 37.0 Å². The van der Waals surface area contributed by atoms with Crippen LogP contribution in [0.1, 0.15) is 18.5 Å². The minimum atomic E-state index is 0.404. The van der Waals surface area contributed by atoms with Crippen LogP contribution in [0, 0.1) is 0 Å². The van der Waals surface area contributed by atoms with Crippen molar-refractivity contribution >= 4 is 0 Å². The van der Waals surface area contributed by atoms with E-state index in [0.29, 0.717) is 12.1 Å². The standard InChI is InChI=1S/C10H15N3/c1-8(13-10-6-12-7-10)9-3-2-4-11-5-9/h2-5,8,10,12-13H,6-7H2,1H3. The number of rotatable bonds is 3. The lowest BCUT2D eigenvalue weighted by atomic mass is 10.1. The summed E-state index contributed by atoms with van der Waals surface area (Å²) in [5.41, 5.74) is 1.26. The molecule has 1 unspecified atom stereocenters. The minimum absolute atomic E-state index is 0.404. The van der Waals surface area contributed by atoms with Crippen molar-refractivity contribution in [1.29, 1.82) is 0 Å². The Bertz CT molecular complexity index is 256. The van der Waals surface area contributed by atoms with Gasteiger partial charge in [0.1, 0.15) is 0 Å². The summed E-state index contributed by atoms with van der Waals surface area (Å²) < 4.78 is 0. The van der Waals surface area contributed by atoms with E-state index in [2.05, 4.69) is 28.6 Å². The number of pyridine rings is 1. The summed E-state index contributed by atoms with van der Waals surface area (Å²) in [4.78, 5) is 4.10. The second-order valence-electron chi connectivity index (χ2n) is 3.53. The Labute approximate surface area is 78.6 Å². The van der Waals surface area contributed by atoms with Crippen LogP contribution in [0.15, 0.2) is 24.5 Å². The van der Waals surface area contributed by atoms with Gasteiger partial charge in [0.25, 0.3) is 0 Å². The molecule has 13 heavy (non-hydrogen) atoms. The molecule has 3 heteroatoms. The molecule has 0 aromatic carbocycles. The minimum Gasteiger partial charge on any atom is -0.314 e. The maximum absolute atomic E-state index is 4.10. The monoisotopic (exact) mass is 177 g/mol. The summed E-state index contributed by atoms with van der Waals surface area (Å²) >= 11 is 0. The molecule has 0 amide bonds. The van der Waals surface area contributed by atoms with Gasteiger partial charge in [0.15, 0.2) is 0 Å². The first kappa shape index (κ1) is 8.66. The first-order chi connectivity index (χ1) is 6.36. The Morgan fingerprint density at radius 3 is 3.00 bits per heavy atom. The SMILES string of the molecule is CC(NC1CNC1)c1cccnc1. The van der Waals surface area contributed by atoms with Crippen molar-refractivity contribution in [3.8, 4) is 0 Å². The van der Waals surface area contributed by atoms with Gasteiger partial charge in [-0.25, -0.2) is 0 Å². The molecule has 0 saturated carbocycles. The van der Waals surface area contributed by atoms with Crippen molar-refractivity contribution in [2.24, 2.45) is 0 Å². The third kappa shape index (κ3) is 2.05. The Balaban J connectivity index is 1.92. The lowest BCUT2D eigenvalue weighted by molar-refractivity contribution is 0.338. The van der Waals surface area contributed by atoms with Crippen LogP contribution in [0.4, 0.5) is 0 Å². The molecule has 2 heterocycles. The Hall–Kier alpha value is -0.930. The largest absolute Gasteiger partial charge is 0.314 e. The molecule has 1 fully saturated rings. The van der Waals surface area contributed by atoms with E-state index >= 15 is 0 Å². The summed E-state index contributed by atoms with van der Waals surface area (Å²) in [6, 6.07) is 5.12. The van der Waals surface area contributed by atoms with Crippen molar-refractivity contribution in [1.82, 2.24) is 15.6 Å². The van der Waals surface area contributed by atoms with E-state index in [9.17, 15) is 0 Å². The van der Waals surface area contributed by atoms with Gasteiger partial charge in [-0.15, -0.1) is 0 Å². The molecule has 70 valence electrons.